The fraction of sp³-hybridized carbons (Fsp3) is 0.500. The predicted octanol–water partition coefficient (Wildman–Crippen LogP) is 2.40. The highest BCUT2D eigenvalue weighted by atomic mass is 79.9. The van der Waals surface area contributed by atoms with Gasteiger partial charge in [0.15, 0.2) is 0 Å². The summed E-state index contributed by atoms with van der Waals surface area (Å²) in [6, 6.07) is 0. The molecule has 0 aliphatic heterocycles. The zero-order valence-corrected chi connectivity index (χ0v) is 10.7. The summed E-state index contributed by atoms with van der Waals surface area (Å²) in [6.07, 6.45) is 5.63. The average molecular weight is 281 g/mol. The van der Waals surface area contributed by atoms with Gasteiger partial charge in [-0.15, -0.1) is 0 Å². The van der Waals surface area contributed by atoms with Crippen LogP contribution in [0.4, 0.5) is 0 Å². The maximum Gasteiger partial charge on any atom is 0.213 e. The van der Waals surface area contributed by atoms with Gasteiger partial charge in [0.2, 0.25) is 6.20 Å². The Morgan fingerprint density at radius 2 is 2.19 bits per heavy atom. The smallest absolute Gasteiger partial charge is 0.213 e. The van der Waals surface area contributed by atoms with Crippen molar-refractivity contribution in [1.82, 2.24) is 5.10 Å². The highest BCUT2D eigenvalue weighted by Gasteiger charge is 2.57. The summed E-state index contributed by atoms with van der Waals surface area (Å²) >= 11 is 3.87. The molecule has 0 saturated heterocycles. The molecule has 16 heavy (non-hydrogen) atoms. The summed E-state index contributed by atoms with van der Waals surface area (Å²) in [6.45, 7) is 6.16. The van der Waals surface area contributed by atoms with E-state index in [1.165, 1.54) is 5.56 Å². The molecule has 2 aliphatic carbocycles. The number of aromatic nitrogens is 2. The normalized spacial score (nSPS) is 35.1. The van der Waals surface area contributed by atoms with E-state index in [9.17, 15) is 5.21 Å². The van der Waals surface area contributed by atoms with Crippen molar-refractivity contribution in [2.75, 3.05) is 0 Å². The fourth-order valence-electron chi connectivity index (χ4n) is 3.36. The molecule has 0 radical (unpaired) electrons. The summed E-state index contributed by atoms with van der Waals surface area (Å²) < 4.78 is -0.0502. The van der Waals surface area contributed by atoms with Crippen LogP contribution in [-0.4, -0.2) is 9.42 Å². The minimum atomic E-state index is -0.0502. The monoisotopic (exact) mass is 280 g/mol. The first-order valence-corrected chi connectivity index (χ1v) is 6.28. The van der Waals surface area contributed by atoms with E-state index in [-0.39, 0.29) is 4.32 Å². The third-order valence-electron chi connectivity index (χ3n) is 4.06. The van der Waals surface area contributed by atoms with Crippen LogP contribution in [0.5, 0.6) is 0 Å². The summed E-state index contributed by atoms with van der Waals surface area (Å²) in [5.41, 5.74) is 3.53. The van der Waals surface area contributed by atoms with Crippen molar-refractivity contribution in [2.45, 2.75) is 35.9 Å². The van der Waals surface area contributed by atoms with Crippen LogP contribution in [-0.2, 0) is 0 Å². The van der Waals surface area contributed by atoms with Crippen LogP contribution in [0, 0.1) is 5.21 Å². The standard InChI is InChI=1S/C12H13BrN2O/c1-7(2)12(13)10-3-4-11(12)9-6-15(16)14-5-8(9)10/h5-6,10-11H,1,3-4H2,2H3/t10-,11+,12+/m1/s1. The highest BCUT2D eigenvalue weighted by molar-refractivity contribution is 9.10. The SMILES string of the molecule is C=C(C)[C@]1(Br)[C@@H]2CC[C@H]1c1c[n+]([O-])ncc12. The largest absolute Gasteiger partial charge is 0.594 e. The lowest BCUT2D eigenvalue weighted by Gasteiger charge is -2.28. The van der Waals surface area contributed by atoms with Crippen molar-refractivity contribution < 1.29 is 4.85 Å². The summed E-state index contributed by atoms with van der Waals surface area (Å²) in [7, 11) is 0. The molecule has 0 spiro atoms. The third-order valence-corrected chi connectivity index (χ3v) is 5.84. The first-order chi connectivity index (χ1) is 7.55. The average Bonchev–Trinajstić information content (AvgIpc) is 2.69. The molecule has 84 valence electrons. The molecule has 2 bridgehead atoms. The van der Waals surface area contributed by atoms with E-state index in [4.69, 9.17) is 0 Å². The van der Waals surface area contributed by atoms with E-state index >= 15 is 0 Å². The minimum absolute atomic E-state index is 0.0502. The van der Waals surface area contributed by atoms with Crippen LogP contribution in [0.3, 0.4) is 0 Å². The van der Waals surface area contributed by atoms with E-state index in [1.807, 2.05) is 0 Å². The second-order valence-corrected chi connectivity index (χ2v) is 6.13. The number of alkyl halides is 1. The second-order valence-electron chi connectivity index (χ2n) is 4.82. The molecule has 1 heterocycles. The van der Waals surface area contributed by atoms with E-state index in [0.717, 1.165) is 24.0 Å². The topological polar surface area (TPSA) is 39.8 Å². The molecule has 0 N–H and O–H groups in total. The number of rotatable bonds is 1. The molecule has 0 amide bonds. The van der Waals surface area contributed by atoms with Gasteiger partial charge in [0.25, 0.3) is 0 Å². The Morgan fingerprint density at radius 1 is 1.56 bits per heavy atom. The number of halogens is 1. The highest BCUT2D eigenvalue weighted by Crippen LogP contribution is 2.65. The number of hydrogen-bond donors (Lipinski definition) is 0. The quantitative estimate of drug-likeness (QED) is 0.343. The van der Waals surface area contributed by atoms with Gasteiger partial charge in [-0.05, 0) is 25.3 Å². The van der Waals surface area contributed by atoms with E-state index < -0.39 is 0 Å². The lowest BCUT2D eigenvalue weighted by molar-refractivity contribution is -0.669. The molecule has 3 atom stereocenters. The van der Waals surface area contributed by atoms with Gasteiger partial charge in [-0.2, -0.15) is 0 Å². The maximum absolute atomic E-state index is 11.3. The molecule has 3 nitrogen and oxygen atoms in total. The number of nitrogens with zero attached hydrogens (tertiary/aromatic N) is 2. The van der Waals surface area contributed by atoms with Crippen LogP contribution in [0.2, 0.25) is 0 Å². The van der Waals surface area contributed by atoms with Crippen LogP contribution in [0.1, 0.15) is 42.7 Å². The fourth-order valence-corrected chi connectivity index (χ4v) is 4.31. The van der Waals surface area contributed by atoms with Crippen molar-refractivity contribution in [2.24, 2.45) is 0 Å². The molecular weight excluding hydrogens is 268 g/mol. The lowest BCUT2D eigenvalue weighted by Crippen LogP contribution is -2.31. The van der Waals surface area contributed by atoms with Crippen molar-refractivity contribution in [3.63, 3.8) is 0 Å². The summed E-state index contributed by atoms with van der Waals surface area (Å²) in [5, 5.41) is 15.1. The number of allylic oxidation sites excluding steroid dienone is 1. The van der Waals surface area contributed by atoms with Gasteiger partial charge in [0, 0.05) is 22.5 Å². The molecule has 3 rings (SSSR count). The molecular formula is C12H13BrN2O. The van der Waals surface area contributed by atoms with Crippen LogP contribution >= 0.6 is 15.9 Å². The van der Waals surface area contributed by atoms with Crippen molar-refractivity contribution >= 4 is 15.9 Å². The zero-order chi connectivity index (χ0) is 11.5. The van der Waals surface area contributed by atoms with Gasteiger partial charge in [-0.3, -0.25) is 0 Å². The van der Waals surface area contributed by atoms with Crippen LogP contribution in [0.25, 0.3) is 0 Å². The number of fused-ring (bicyclic) bond motifs is 5. The second kappa shape index (κ2) is 3.06. The molecule has 2 aliphatic rings. The summed E-state index contributed by atoms with van der Waals surface area (Å²) in [4.78, 5) is 0.658. The Morgan fingerprint density at radius 3 is 2.81 bits per heavy atom. The molecule has 1 saturated carbocycles. The molecule has 1 aromatic heterocycles. The molecule has 0 aromatic carbocycles. The van der Waals surface area contributed by atoms with Gasteiger partial charge in [-0.1, -0.05) is 32.9 Å². The van der Waals surface area contributed by atoms with Gasteiger partial charge < -0.3 is 5.21 Å². The van der Waals surface area contributed by atoms with Gasteiger partial charge in [0.1, 0.15) is 0 Å². The first-order valence-electron chi connectivity index (χ1n) is 5.49. The van der Waals surface area contributed by atoms with Gasteiger partial charge >= 0.3 is 0 Å². The van der Waals surface area contributed by atoms with Crippen LogP contribution in [0.15, 0.2) is 24.5 Å². The van der Waals surface area contributed by atoms with Crippen LogP contribution < -0.4 is 4.85 Å². The van der Waals surface area contributed by atoms with Crippen molar-refractivity contribution in [3.05, 3.63) is 40.9 Å². The number of hydrogen-bond acceptors (Lipinski definition) is 2. The van der Waals surface area contributed by atoms with E-state index in [2.05, 4.69) is 34.5 Å². The van der Waals surface area contributed by atoms with Gasteiger partial charge in [0.05, 0.1) is 10.5 Å². The summed E-state index contributed by atoms with van der Waals surface area (Å²) in [5.74, 6) is 0.812. The van der Waals surface area contributed by atoms with E-state index in [0.29, 0.717) is 16.7 Å². The molecule has 1 aromatic rings. The Bertz CT molecular complexity index is 488. The van der Waals surface area contributed by atoms with Crippen molar-refractivity contribution in [1.29, 1.82) is 0 Å². The lowest BCUT2D eigenvalue weighted by atomic mass is 9.89. The Balaban J connectivity index is 2.20. The Kier molecular flexibility index (Phi) is 1.97. The van der Waals surface area contributed by atoms with E-state index in [1.54, 1.807) is 12.4 Å². The molecule has 4 heteroatoms. The molecule has 0 unspecified atom stereocenters. The molecule has 1 fully saturated rings. The predicted molar refractivity (Wildman–Crippen MR) is 64.4 cm³/mol. The minimum Gasteiger partial charge on any atom is -0.594 e. The third kappa shape index (κ3) is 1.03. The maximum atomic E-state index is 11.3. The Labute approximate surface area is 103 Å². The zero-order valence-electron chi connectivity index (χ0n) is 9.11. The Hall–Kier alpha value is -0.900. The first kappa shape index (κ1) is 10.3. The van der Waals surface area contributed by atoms with Gasteiger partial charge in [-0.25, -0.2) is 0 Å². The van der Waals surface area contributed by atoms with Crippen molar-refractivity contribution in [3.8, 4) is 0 Å².